The highest BCUT2D eigenvalue weighted by molar-refractivity contribution is 7.17. The summed E-state index contributed by atoms with van der Waals surface area (Å²) < 4.78 is 14.5. The fraction of sp³-hybridized carbons (Fsp3) is 0.111. The van der Waals surface area contributed by atoms with Gasteiger partial charge in [0.25, 0.3) is 0 Å². The molecule has 14 heavy (non-hydrogen) atoms. The summed E-state index contributed by atoms with van der Waals surface area (Å²) in [5.41, 5.74) is 0.799. The van der Waals surface area contributed by atoms with E-state index in [2.05, 4.69) is 0 Å². The Hall–Kier alpha value is -0.905. The van der Waals surface area contributed by atoms with E-state index in [4.69, 9.17) is 10.0 Å². The van der Waals surface area contributed by atoms with Crippen molar-refractivity contribution in [3.05, 3.63) is 28.9 Å². The van der Waals surface area contributed by atoms with Crippen LogP contribution in [-0.4, -0.2) is 17.2 Å². The molecule has 0 bridgehead atoms. The Balaban J connectivity index is 2.82. The lowest BCUT2D eigenvalue weighted by molar-refractivity contribution is 0.423. The van der Waals surface area contributed by atoms with E-state index in [-0.39, 0.29) is 5.46 Å². The minimum atomic E-state index is -1.75. The lowest BCUT2D eigenvalue weighted by Gasteiger charge is -2.05. The number of aryl methyl sites for hydroxylation is 1. The highest BCUT2D eigenvalue weighted by Crippen LogP contribution is 2.25. The Morgan fingerprint density at radius 1 is 1.43 bits per heavy atom. The number of hydrogen-bond donors (Lipinski definition) is 2. The summed E-state index contributed by atoms with van der Waals surface area (Å²) in [5.74, 6) is -0.540. The van der Waals surface area contributed by atoms with Crippen LogP contribution < -0.4 is 5.46 Å². The molecule has 0 aliphatic heterocycles. The summed E-state index contributed by atoms with van der Waals surface area (Å²) in [5, 5.41) is 20.1. The van der Waals surface area contributed by atoms with Gasteiger partial charge in [0.15, 0.2) is 0 Å². The van der Waals surface area contributed by atoms with Crippen molar-refractivity contribution in [3.8, 4) is 0 Å². The second-order valence-corrected chi connectivity index (χ2v) is 4.05. The van der Waals surface area contributed by atoms with Gasteiger partial charge in [0.1, 0.15) is 5.82 Å². The molecule has 0 aliphatic rings. The molecule has 0 radical (unpaired) electrons. The molecule has 0 atom stereocenters. The maximum atomic E-state index is 13.6. The molecule has 0 saturated carbocycles. The summed E-state index contributed by atoms with van der Waals surface area (Å²) in [6.45, 7) is 1.82. The van der Waals surface area contributed by atoms with Crippen molar-refractivity contribution >= 4 is 34.0 Å². The van der Waals surface area contributed by atoms with Crippen LogP contribution in [0.3, 0.4) is 0 Å². The average Bonchev–Trinajstić information content (AvgIpc) is 2.59. The van der Waals surface area contributed by atoms with Crippen molar-refractivity contribution in [1.29, 1.82) is 0 Å². The molecule has 0 spiro atoms. The molecular weight excluding hydrogens is 202 g/mol. The van der Waals surface area contributed by atoms with Gasteiger partial charge in [-0.15, -0.1) is 11.3 Å². The molecule has 2 nitrogen and oxygen atoms in total. The molecule has 0 aliphatic carbocycles. The lowest BCUT2D eigenvalue weighted by Crippen LogP contribution is -2.33. The summed E-state index contributed by atoms with van der Waals surface area (Å²) in [6.07, 6.45) is 0. The van der Waals surface area contributed by atoms with Crippen LogP contribution in [0.25, 0.3) is 10.1 Å². The van der Waals surface area contributed by atoms with Crippen LogP contribution in [0, 0.1) is 12.7 Å². The third kappa shape index (κ3) is 1.34. The van der Waals surface area contributed by atoms with Gasteiger partial charge in [0.05, 0.1) is 0 Å². The zero-order valence-corrected chi connectivity index (χ0v) is 8.31. The Kier molecular flexibility index (Phi) is 2.30. The predicted molar refractivity (Wildman–Crippen MR) is 56.3 cm³/mol. The monoisotopic (exact) mass is 210 g/mol. The van der Waals surface area contributed by atoms with Gasteiger partial charge >= 0.3 is 7.12 Å². The van der Waals surface area contributed by atoms with E-state index in [1.165, 1.54) is 17.4 Å². The molecule has 2 aromatic rings. The maximum absolute atomic E-state index is 13.6. The minimum absolute atomic E-state index is 0.0617. The standard InChI is InChI=1S/C9H8BFO2S/c1-5-4-7(10(12)13)8(11)6-2-3-14-9(5)6/h2-4,12-13H,1H3. The first-order valence-electron chi connectivity index (χ1n) is 4.13. The predicted octanol–water partition coefficient (Wildman–Crippen LogP) is 1.03. The van der Waals surface area contributed by atoms with Crippen molar-refractivity contribution in [2.24, 2.45) is 0 Å². The SMILES string of the molecule is Cc1cc(B(O)O)c(F)c2ccsc12. The fourth-order valence-electron chi connectivity index (χ4n) is 1.49. The van der Waals surface area contributed by atoms with Gasteiger partial charge in [-0.05, 0) is 23.9 Å². The molecule has 2 rings (SSSR count). The molecule has 1 aromatic carbocycles. The Morgan fingerprint density at radius 2 is 2.14 bits per heavy atom. The summed E-state index contributed by atoms with van der Waals surface area (Å²) in [7, 11) is -1.75. The molecule has 0 amide bonds. The van der Waals surface area contributed by atoms with Gasteiger partial charge in [0.2, 0.25) is 0 Å². The van der Waals surface area contributed by atoms with Crippen LogP contribution >= 0.6 is 11.3 Å². The molecule has 72 valence electrons. The third-order valence-corrected chi connectivity index (χ3v) is 3.21. The molecule has 0 unspecified atom stereocenters. The largest absolute Gasteiger partial charge is 0.491 e. The second-order valence-electron chi connectivity index (χ2n) is 3.13. The van der Waals surface area contributed by atoms with E-state index in [0.717, 1.165) is 10.3 Å². The van der Waals surface area contributed by atoms with Gasteiger partial charge in [-0.3, -0.25) is 0 Å². The van der Waals surface area contributed by atoms with Gasteiger partial charge in [0, 0.05) is 15.5 Å². The summed E-state index contributed by atoms with van der Waals surface area (Å²) in [6, 6.07) is 3.12. The number of rotatable bonds is 1. The van der Waals surface area contributed by atoms with Crippen molar-refractivity contribution in [2.45, 2.75) is 6.92 Å². The van der Waals surface area contributed by atoms with E-state index in [0.29, 0.717) is 5.39 Å². The zero-order chi connectivity index (χ0) is 10.3. The minimum Gasteiger partial charge on any atom is -0.423 e. The third-order valence-electron chi connectivity index (χ3n) is 2.16. The van der Waals surface area contributed by atoms with Gasteiger partial charge < -0.3 is 10.0 Å². The highest BCUT2D eigenvalue weighted by Gasteiger charge is 2.20. The Morgan fingerprint density at radius 3 is 2.79 bits per heavy atom. The van der Waals surface area contributed by atoms with Crippen LogP contribution in [-0.2, 0) is 0 Å². The first-order chi connectivity index (χ1) is 6.61. The first-order valence-corrected chi connectivity index (χ1v) is 5.01. The highest BCUT2D eigenvalue weighted by atomic mass is 32.1. The van der Waals surface area contributed by atoms with Crippen LogP contribution in [0.4, 0.5) is 4.39 Å². The van der Waals surface area contributed by atoms with Crippen LogP contribution in [0.1, 0.15) is 5.56 Å². The van der Waals surface area contributed by atoms with Crippen molar-refractivity contribution < 1.29 is 14.4 Å². The van der Waals surface area contributed by atoms with E-state index in [1.54, 1.807) is 11.4 Å². The quantitative estimate of drug-likeness (QED) is 0.690. The summed E-state index contributed by atoms with van der Waals surface area (Å²) in [4.78, 5) is 0. The molecule has 1 aromatic heterocycles. The van der Waals surface area contributed by atoms with Gasteiger partial charge in [-0.25, -0.2) is 4.39 Å². The van der Waals surface area contributed by atoms with Crippen LogP contribution in [0.15, 0.2) is 17.5 Å². The maximum Gasteiger partial charge on any atom is 0.491 e. The molecule has 1 heterocycles. The van der Waals surface area contributed by atoms with Gasteiger partial charge in [-0.1, -0.05) is 6.07 Å². The van der Waals surface area contributed by atoms with E-state index < -0.39 is 12.9 Å². The first kappa shape index (κ1) is 9.64. The number of benzene rings is 1. The molecule has 2 N–H and O–H groups in total. The number of fused-ring (bicyclic) bond motifs is 1. The topological polar surface area (TPSA) is 40.5 Å². The van der Waals surface area contributed by atoms with E-state index >= 15 is 0 Å². The number of halogens is 1. The molecular formula is C9H8BFO2S. The van der Waals surface area contributed by atoms with Crippen molar-refractivity contribution in [3.63, 3.8) is 0 Å². The molecule has 5 heteroatoms. The number of hydrogen-bond acceptors (Lipinski definition) is 3. The average molecular weight is 210 g/mol. The fourth-order valence-corrected chi connectivity index (χ4v) is 2.36. The molecule has 0 saturated heterocycles. The smallest absolute Gasteiger partial charge is 0.423 e. The van der Waals surface area contributed by atoms with Crippen molar-refractivity contribution in [2.75, 3.05) is 0 Å². The van der Waals surface area contributed by atoms with Crippen molar-refractivity contribution in [1.82, 2.24) is 0 Å². The van der Waals surface area contributed by atoms with E-state index in [9.17, 15) is 4.39 Å². The Labute approximate surface area is 84.8 Å². The number of thiophene rings is 1. The molecule has 0 fully saturated rings. The zero-order valence-electron chi connectivity index (χ0n) is 7.49. The van der Waals surface area contributed by atoms with Gasteiger partial charge in [-0.2, -0.15) is 0 Å². The Bertz CT molecular complexity index is 481. The van der Waals surface area contributed by atoms with Crippen LogP contribution in [0.5, 0.6) is 0 Å². The lowest BCUT2D eigenvalue weighted by atomic mass is 9.78. The van der Waals surface area contributed by atoms with Crippen LogP contribution in [0.2, 0.25) is 0 Å². The summed E-state index contributed by atoms with van der Waals surface area (Å²) >= 11 is 1.45. The second kappa shape index (κ2) is 3.35. The normalized spacial score (nSPS) is 10.9. The van der Waals surface area contributed by atoms with E-state index in [1.807, 2.05) is 6.92 Å².